The van der Waals surface area contributed by atoms with Crippen LogP contribution in [-0.2, 0) is 0 Å². The molecule has 0 unspecified atom stereocenters. The molecule has 0 N–H and O–H groups in total. The van der Waals surface area contributed by atoms with Gasteiger partial charge < -0.3 is 0 Å². The maximum absolute atomic E-state index is 4.67. The molecule has 1 heterocycles. The van der Waals surface area contributed by atoms with E-state index >= 15 is 0 Å². The third-order valence-corrected chi connectivity index (χ3v) is 5.59. The van der Waals surface area contributed by atoms with Crippen LogP contribution in [0.15, 0.2) is 50.3 Å². The van der Waals surface area contributed by atoms with Crippen LogP contribution in [0.25, 0.3) is 0 Å². The van der Waals surface area contributed by atoms with Crippen molar-refractivity contribution in [3.05, 3.63) is 54.8 Å². The summed E-state index contributed by atoms with van der Waals surface area (Å²) in [6, 6.07) is 12.6. The van der Waals surface area contributed by atoms with Crippen LogP contribution >= 0.6 is 31.9 Å². The Labute approximate surface area is 116 Å². The molecule has 1 aliphatic heterocycles. The fourth-order valence-electron chi connectivity index (χ4n) is 1.57. The molecule has 3 rings (SSSR count). The number of rotatable bonds is 0. The minimum atomic E-state index is 0.347. The van der Waals surface area contributed by atoms with E-state index in [0.29, 0.717) is 14.5 Å². The molecule has 1 radical (unpaired) electrons. The van der Waals surface area contributed by atoms with Gasteiger partial charge >= 0.3 is 116 Å². The van der Waals surface area contributed by atoms with E-state index in [4.69, 9.17) is 0 Å². The van der Waals surface area contributed by atoms with Crippen LogP contribution in [0.1, 0.15) is 0 Å². The second-order valence-electron chi connectivity index (χ2n) is 3.44. The second-order valence-corrected chi connectivity index (χ2v) is 7.54. The summed E-state index contributed by atoms with van der Waals surface area (Å²) < 4.78 is 4.93. The number of benzene rings is 2. The average Bonchev–Trinajstić information content (AvgIpc) is 2.26. The van der Waals surface area contributed by atoms with Crippen LogP contribution in [-0.4, -0.2) is 14.5 Å². The SMILES string of the molecule is Brc1ccc2c(c1)[Se]=c1cc(Br)ccc1=N2. The first kappa shape index (κ1) is 10.8. The molecular formula is C12H6Br2NSe. The van der Waals surface area contributed by atoms with Gasteiger partial charge in [-0.1, -0.05) is 0 Å². The molecule has 0 spiro atoms. The van der Waals surface area contributed by atoms with Crippen LogP contribution in [0.3, 0.4) is 0 Å². The number of hydrogen-bond acceptors (Lipinski definition) is 1. The van der Waals surface area contributed by atoms with Crippen molar-refractivity contribution < 1.29 is 0 Å². The molecule has 1 nitrogen and oxygen atoms in total. The van der Waals surface area contributed by atoms with Crippen molar-refractivity contribution in [1.29, 1.82) is 0 Å². The van der Waals surface area contributed by atoms with Gasteiger partial charge in [-0.2, -0.15) is 0 Å². The summed E-state index contributed by atoms with van der Waals surface area (Å²) in [7, 11) is 0. The van der Waals surface area contributed by atoms with Gasteiger partial charge in [0.25, 0.3) is 0 Å². The molecule has 0 aliphatic carbocycles. The van der Waals surface area contributed by atoms with Gasteiger partial charge in [0.1, 0.15) is 0 Å². The van der Waals surface area contributed by atoms with Crippen LogP contribution in [0.4, 0.5) is 5.69 Å². The van der Waals surface area contributed by atoms with Crippen LogP contribution in [0, 0.1) is 4.06 Å². The van der Waals surface area contributed by atoms with Gasteiger partial charge in [0.15, 0.2) is 0 Å². The van der Waals surface area contributed by atoms with E-state index in [1.54, 1.807) is 0 Å². The molecule has 4 heteroatoms. The Balaban J connectivity index is 2.35. The van der Waals surface area contributed by atoms with Crippen molar-refractivity contribution in [1.82, 2.24) is 0 Å². The minimum absolute atomic E-state index is 0.347. The molecule has 79 valence electrons. The van der Waals surface area contributed by atoms with Gasteiger partial charge in [-0.3, -0.25) is 0 Å². The first-order chi connectivity index (χ1) is 7.72. The summed E-state index contributed by atoms with van der Waals surface area (Å²) in [5.74, 6) is 0. The standard InChI is InChI=1S/C12H6Br2NSe/c13-7-1-3-9-11(5-7)16-12-6-8(14)2-4-10(12)15-9/h1-6H. The molecule has 0 amide bonds. The van der Waals surface area contributed by atoms with Crippen molar-refractivity contribution in [3.8, 4) is 0 Å². The Morgan fingerprint density at radius 2 is 1.69 bits per heavy atom. The third-order valence-electron chi connectivity index (χ3n) is 2.30. The van der Waals surface area contributed by atoms with E-state index in [1.165, 1.54) is 8.52 Å². The van der Waals surface area contributed by atoms with Crippen molar-refractivity contribution in [2.45, 2.75) is 0 Å². The van der Waals surface area contributed by atoms with Gasteiger partial charge in [-0.05, 0) is 0 Å². The van der Waals surface area contributed by atoms with E-state index in [2.05, 4.69) is 61.1 Å². The predicted octanol–water partition coefficient (Wildman–Crippen LogP) is 2.76. The average molecular weight is 403 g/mol. The number of nitrogens with zero attached hydrogens (tertiary/aromatic N) is 1. The van der Waals surface area contributed by atoms with Gasteiger partial charge in [-0.25, -0.2) is 0 Å². The molecular weight excluding hydrogens is 397 g/mol. The van der Waals surface area contributed by atoms with E-state index in [9.17, 15) is 0 Å². The first-order valence-electron chi connectivity index (χ1n) is 4.71. The third kappa shape index (κ3) is 1.95. The Hall–Kier alpha value is -0.281. The van der Waals surface area contributed by atoms with Crippen molar-refractivity contribution in [2.24, 2.45) is 4.99 Å². The summed E-state index contributed by atoms with van der Waals surface area (Å²) in [5, 5.41) is 1.11. The van der Waals surface area contributed by atoms with E-state index in [0.717, 1.165) is 20.0 Å². The number of halogens is 2. The molecule has 0 bridgehead atoms. The number of hydrogen-bond donors (Lipinski definition) is 0. The molecule has 0 aromatic heterocycles. The van der Waals surface area contributed by atoms with Crippen LogP contribution in [0.2, 0.25) is 0 Å². The predicted molar refractivity (Wildman–Crippen MR) is 73.3 cm³/mol. The molecule has 2 aromatic rings. The first-order valence-corrected chi connectivity index (χ1v) is 8.01. The quantitative estimate of drug-likeness (QED) is 0.513. The summed E-state index contributed by atoms with van der Waals surface area (Å²) in [4.78, 5) is 4.67. The van der Waals surface area contributed by atoms with Crippen molar-refractivity contribution in [2.75, 3.05) is 0 Å². The summed E-state index contributed by atoms with van der Waals surface area (Å²) in [5.41, 5.74) is 1.11. The van der Waals surface area contributed by atoms with Crippen LogP contribution < -0.4 is 9.82 Å². The van der Waals surface area contributed by atoms with Crippen molar-refractivity contribution in [3.63, 3.8) is 0 Å². The van der Waals surface area contributed by atoms with Gasteiger partial charge in [0.2, 0.25) is 0 Å². The monoisotopic (exact) mass is 402 g/mol. The molecule has 0 atom stereocenters. The van der Waals surface area contributed by atoms with Crippen molar-refractivity contribution >= 4 is 56.5 Å². The van der Waals surface area contributed by atoms with E-state index < -0.39 is 0 Å². The van der Waals surface area contributed by atoms with E-state index in [-0.39, 0.29) is 0 Å². The molecule has 0 saturated carbocycles. The topological polar surface area (TPSA) is 12.4 Å². The zero-order valence-corrected chi connectivity index (χ0v) is 13.0. The van der Waals surface area contributed by atoms with Crippen LogP contribution in [0.5, 0.6) is 0 Å². The van der Waals surface area contributed by atoms with Gasteiger partial charge in [-0.15, -0.1) is 0 Å². The van der Waals surface area contributed by atoms with E-state index in [1.807, 2.05) is 12.1 Å². The maximum atomic E-state index is 4.67. The molecule has 16 heavy (non-hydrogen) atoms. The molecule has 1 aliphatic rings. The summed E-state index contributed by atoms with van der Waals surface area (Å²) in [6.45, 7) is 0. The normalized spacial score (nSPS) is 12.1. The second kappa shape index (κ2) is 4.19. The Bertz CT molecular complexity index is 695. The Kier molecular flexibility index (Phi) is 2.84. The molecule has 0 saturated heterocycles. The Morgan fingerprint density at radius 1 is 0.938 bits per heavy atom. The fourth-order valence-corrected chi connectivity index (χ4v) is 5.17. The number of fused-ring (bicyclic) bond motifs is 2. The molecule has 0 fully saturated rings. The Morgan fingerprint density at radius 3 is 2.56 bits per heavy atom. The zero-order chi connectivity index (χ0) is 11.1. The molecule has 2 aromatic carbocycles. The summed E-state index contributed by atoms with van der Waals surface area (Å²) >= 11 is 7.35. The summed E-state index contributed by atoms with van der Waals surface area (Å²) in [6.07, 6.45) is 0. The van der Waals surface area contributed by atoms with Gasteiger partial charge in [0, 0.05) is 0 Å². The van der Waals surface area contributed by atoms with Gasteiger partial charge in [0.05, 0.1) is 0 Å². The fraction of sp³-hybridized carbons (Fsp3) is 0. The zero-order valence-electron chi connectivity index (χ0n) is 8.08.